The van der Waals surface area contributed by atoms with Crippen LogP contribution in [0.5, 0.6) is 0 Å². The van der Waals surface area contributed by atoms with Gasteiger partial charge in [0.25, 0.3) is 0 Å². The molecule has 0 spiro atoms. The van der Waals surface area contributed by atoms with Crippen molar-refractivity contribution >= 4 is 11.8 Å². The molecule has 0 aliphatic carbocycles. The minimum atomic E-state index is -0.579. The predicted molar refractivity (Wildman–Crippen MR) is 36.7 cm³/mol. The molecule has 2 amide bonds. The van der Waals surface area contributed by atoms with Crippen LogP contribution in [0.2, 0.25) is 0 Å². The van der Waals surface area contributed by atoms with Crippen LogP contribution >= 0.6 is 0 Å². The Morgan fingerprint density at radius 2 is 2.27 bits per heavy atom. The molecule has 1 fully saturated rings. The molecular weight excluding hydrogens is 148 g/mol. The average Bonchev–Trinajstić information content (AvgIpc) is 1.99. The zero-order valence-corrected chi connectivity index (χ0v) is 6.04. The van der Waals surface area contributed by atoms with Crippen LogP contribution in [0.1, 0.15) is 0 Å². The standard InChI is InChI=1S/C6H10N2O3/c9-4-3-8-2-1-7-5(10)6(8)11/h9H,1-4H2,(H,7,10). The highest BCUT2D eigenvalue weighted by Crippen LogP contribution is 1.93. The van der Waals surface area contributed by atoms with Crippen LogP contribution in [0.4, 0.5) is 0 Å². The molecule has 1 heterocycles. The molecule has 0 aromatic heterocycles. The Balaban J connectivity index is 2.51. The second-order valence-electron chi connectivity index (χ2n) is 2.27. The second kappa shape index (κ2) is 3.34. The average molecular weight is 158 g/mol. The third kappa shape index (κ3) is 1.68. The van der Waals surface area contributed by atoms with Crippen LogP contribution in [-0.4, -0.2) is 48.1 Å². The van der Waals surface area contributed by atoms with E-state index in [2.05, 4.69) is 5.32 Å². The molecule has 0 radical (unpaired) electrons. The van der Waals surface area contributed by atoms with Crippen LogP contribution in [0.15, 0.2) is 0 Å². The first-order valence-electron chi connectivity index (χ1n) is 3.43. The van der Waals surface area contributed by atoms with Gasteiger partial charge in [0.15, 0.2) is 0 Å². The van der Waals surface area contributed by atoms with Gasteiger partial charge >= 0.3 is 11.8 Å². The lowest BCUT2D eigenvalue weighted by Crippen LogP contribution is -2.52. The fourth-order valence-corrected chi connectivity index (χ4v) is 0.959. The van der Waals surface area contributed by atoms with Crippen LogP contribution in [0, 0.1) is 0 Å². The lowest BCUT2D eigenvalue weighted by molar-refractivity contribution is -0.148. The third-order valence-electron chi connectivity index (χ3n) is 1.52. The summed E-state index contributed by atoms with van der Waals surface area (Å²) in [5.74, 6) is -1.13. The number of nitrogens with zero attached hydrogens (tertiary/aromatic N) is 1. The summed E-state index contributed by atoms with van der Waals surface area (Å²) in [4.78, 5) is 22.9. The molecule has 62 valence electrons. The van der Waals surface area contributed by atoms with Crippen molar-refractivity contribution in [1.82, 2.24) is 10.2 Å². The Labute approximate surface area is 64.0 Å². The van der Waals surface area contributed by atoms with Gasteiger partial charge in [-0.3, -0.25) is 9.59 Å². The first-order chi connectivity index (χ1) is 5.25. The van der Waals surface area contributed by atoms with Crippen molar-refractivity contribution in [2.75, 3.05) is 26.2 Å². The van der Waals surface area contributed by atoms with Crippen molar-refractivity contribution in [3.63, 3.8) is 0 Å². The molecular formula is C6H10N2O3. The smallest absolute Gasteiger partial charge is 0.312 e. The molecule has 0 aromatic carbocycles. The van der Waals surface area contributed by atoms with Gasteiger partial charge in [0.2, 0.25) is 0 Å². The zero-order chi connectivity index (χ0) is 8.27. The van der Waals surface area contributed by atoms with Crippen molar-refractivity contribution in [2.24, 2.45) is 0 Å². The van der Waals surface area contributed by atoms with Crippen LogP contribution < -0.4 is 5.32 Å². The largest absolute Gasteiger partial charge is 0.395 e. The number of hydrogen-bond donors (Lipinski definition) is 2. The fraction of sp³-hybridized carbons (Fsp3) is 0.667. The molecule has 11 heavy (non-hydrogen) atoms. The van der Waals surface area contributed by atoms with Crippen LogP contribution in [0.25, 0.3) is 0 Å². The summed E-state index contributed by atoms with van der Waals surface area (Å²) in [5.41, 5.74) is 0. The molecule has 1 rings (SSSR count). The lowest BCUT2D eigenvalue weighted by Gasteiger charge is -2.25. The fourth-order valence-electron chi connectivity index (χ4n) is 0.959. The Morgan fingerprint density at radius 1 is 1.55 bits per heavy atom. The summed E-state index contributed by atoms with van der Waals surface area (Å²) in [6.45, 7) is 1.11. The summed E-state index contributed by atoms with van der Waals surface area (Å²) in [5, 5.41) is 10.9. The number of hydrogen-bond acceptors (Lipinski definition) is 3. The number of aliphatic hydroxyl groups is 1. The van der Waals surface area contributed by atoms with Gasteiger partial charge in [-0.1, -0.05) is 0 Å². The van der Waals surface area contributed by atoms with Gasteiger partial charge in [0, 0.05) is 19.6 Å². The van der Waals surface area contributed by atoms with Crippen molar-refractivity contribution in [2.45, 2.75) is 0 Å². The van der Waals surface area contributed by atoms with E-state index in [1.165, 1.54) is 4.90 Å². The van der Waals surface area contributed by atoms with E-state index in [9.17, 15) is 9.59 Å². The van der Waals surface area contributed by atoms with E-state index in [1.54, 1.807) is 0 Å². The number of aliphatic hydroxyl groups excluding tert-OH is 1. The van der Waals surface area contributed by atoms with E-state index in [1.807, 2.05) is 0 Å². The zero-order valence-electron chi connectivity index (χ0n) is 6.04. The van der Waals surface area contributed by atoms with E-state index in [4.69, 9.17) is 5.11 Å². The summed E-state index contributed by atoms with van der Waals surface area (Å²) < 4.78 is 0. The molecule has 5 heteroatoms. The Kier molecular flexibility index (Phi) is 2.43. The maximum atomic E-state index is 10.9. The number of piperazine rings is 1. The Morgan fingerprint density at radius 3 is 2.91 bits per heavy atom. The maximum absolute atomic E-state index is 10.9. The van der Waals surface area contributed by atoms with Gasteiger partial charge in [-0.2, -0.15) is 0 Å². The predicted octanol–water partition coefficient (Wildman–Crippen LogP) is -2.06. The molecule has 0 unspecified atom stereocenters. The third-order valence-corrected chi connectivity index (χ3v) is 1.52. The number of β-amino-alcohol motifs (C(OH)–C–C–N with tert-alkyl or cyclic N) is 1. The number of carbonyl (C=O) groups is 2. The number of amides is 2. The summed E-state index contributed by atoms with van der Waals surface area (Å²) in [7, 11) is 0. The van der Waals surface area contributed by atoms with Crippen molar-refractivity contribution in [3.8, 4) is 0 Å². The second-order valence-corrected chi connectivity index (χ2v) is 2.27. The Bertz CT molecular complexity index is 179. The minimum absolute atomic E-state index is 0.0982. The first kappa shape index (κ1) is 8.00. The summed E-state index contributed by atoms with van der Waals surface area (Å²) in [6.07, 6.45) is 0. The molecule has 2 N–H and O–H groups in total. The highest BCUT2D eigenvalue weighted by atomic mass is 16.3. The molecule has 0 aromatic rings. The van der Waals surface area contributed by atoms with E-state index >= 15 is 0 Å². The van der Waals surface area contributed by atoms with Crippen molar-refractivity contribution < 1.29 is 14.7 Å². The summed E-state index contributed by atoms with van der Waals surface area (Å²) in [6, 6.07) is 0. The van der Waals surface area contributed by atoms with E-state index in [0.29, 0.717) is 13.1 Å². The van der Waals surface area contributed by atoms with E-state index < -0.39 is 11.8 Å². The van der Waals surface area contributed by atoms with Crippen LogP contribution in [0.3, 0.4) is 0 Å². The Hall–Kier alpha value is -1.10. The number of rotatable bonds is 2. The van der Waals surface area contributed by atoms with Crippen molar-refractivity contribution in [1.29, 1.82) is 0 Å². The highest BCUT2D eigenvalue weighted by Gasteiger charge is 2.24. The molecule has 1 aliphatic heterocycles. The van der Waals surface area contributed by atoms with Gasteiger partial charge in [0.1, 0.15) is 0 Å². The molecule has 0 atom stereocenters. The van der Waals surface area contributed by atoms with E-state index in [-0.39, 0.29) is 13.2 Å². The van der Waals surface area contributed by atoms with Crippen LogP contribution in [-0.2, 0) is 9.59 Å². The number of carbonyl (C=O) groups excluding carboxylic acids is 2. The first-order valence-corrected chi connectivity index (χ1v) is 3.43. The maximum Gasteiger partial charge on any atom is 0.312 e. The lowest BCUT2D eigenvalue weighted by atomic mass is 10.3. The van der Waals surface area contributed by atoms with Gasteiger partial charge < -0.3 is 15.3 Å². The summed E-state index contributed by atoms with van der Waals surface area (Å²) >= 11 is 0. The quantitative estimate of drug-likeness (QED) is 0.454. The molecule has 0 saturated carbocycles. The normalized spacial score (nSPS) is 18.5. The molecule has 1 saturated heterocycles. The SMILES string of the molecule is O=C1NCCN(CCO)C1=O. The van der Waals surface area contributed by atoms with Gasteiger partial charge in [-0.05, 0) is 0 Å². The van der Waals surface area contributed by atoms with Gasteiger partial charge in [-0.15, -0.1) is 0 Å². The highest BCUT2D eigenvalue weighted by molar-refractivity contribution is 6.35. The van der Waals surface area contributed by atoms with Crippen molar-refractivity contribution in [3.05, 3.63) is 0 Å². The minimum Gasteiger partial charge on any atom is -0.395 e. The van der Waals surface area contributed by atoms with E-state index in [0.717, 1.165) is 0 Å². The number of nitrogens with one attached hydrogen (secondary N) is 1. The topological polar surface area (TPSA) is 69.6 Å². The van der Waals surface area contributed by atoms with Gasteiger partial charge in [0.05, 0.1) is 6.61 Å². The molecule has 1 aliphatic rings. The van der Waals surface area contributed by atoms with Gasteiger partial charge in [-0.25, -0.2) is 0 Å². The molecule has 0 bridgehead atoms. The molecule has 5 nitrogen and oxygen atoms in total. The monoisotopic (exact) mass is 158 g/mol.